The van der Waals surface area contributed by atoms with Gasteiger partial charge in [-0.25, -0.2) is 0 Å². The van der Waals surface area contributed by atoms with Crippen LogP contribution in [-0.2, 0) is 9.59 Å². The molecule has 0 bridgehead atoms. The van der Waals surface area contributed by atoms with Crippen LogP contribution in [0.25, 0.3) is 0 Å². The van der Waals surface area contributed by atoms with Crippen molar-refractivity contribution >= 4 is 58.3 Å². The van der Waals surface area contributed by atoms with Crippen LogP contribution < -0.4 is 18.9 Å². The fourth-order valence-corrected chi connectivity index (χ4v) is 3.72. The van der Waals surface area contributed by atoms with E-state index in [0.29, 0.717) is 60.8 Å². The molecule has 10 heteroatoms. The molecule has 2 aromatic carbocycles. The van der Waals surface area contributed by atoms with Crippen molar-refractivity contribution in [2.45, 2.75) is 42.9 Å². The van der Waals surface area contributed by atoms with Crippen LogP contribution in [0.4, 0.5) is 0 Å². The molecule has 0 spiro atoms. The Morgan fingerprint density at radius 2 is 0.943 bits per heavy atom. The summed E-state index contributed by atoms with van der Waals surface area (Å²) in [6.45, 7) is 1.12. The molecule has 2 atom stereocenters. The van der Waals surface area contributed by atoms with E-state index in [0.717, 1.165) is 19.3 Å². The van der Waals surface area contributed by atoms with E-state index in [-0.39, 0.29) is 0 Å². The third kappa shape index (κ3) is 11.6. The standard InChI is InChI=1S/C25H28Cl4O6/c26-14-12-22(28)24(30)34-20-8-4-18(5-9-20)32-16-2-1-3-17-33-19-6-10-21(11-7-19)35-25(31)23(29)13-15-27/h4-11,22-23H,1-3,12-17H2. The summed E-state index contributed by atoms with van der Waals surface area (Å²) < 4.78 is 21.8. The Hall–Kier alpha value is -1.86. The molecule has 0 N–H and O–H groups in total. The number of ether oxygens (including phenoxy) is 4. The molecule has 2 unspecified atom stereocenters. The molecule has 6 nitrogen and oxygen atoms in total. The van der Waals surface area contributed by atoms with E-state index in [4.69, 9.17) is 65.4 Å². The maximum absolute atomic E-state index is 11.8. The summed E-state index contributed by atoms with van der Waals surface area (Å²) in [5.41, 5.74) is 0. The first kappa shape index (κ1) is 29.4. The van der Waals surface area contributed by atoms with Crippen molar-refractivity contribution in [3.8, 4) is 23.0 Å². The zero-order valence-corrected chi connectivity index (χ0v) is 22.1. The van der Waals surface area contributed by atoms with Crippen LogP contribution in [0.3, 0.4) is 0 Å². The van der Waals surface area contributed by atoms with E-state index in [1.165, 1.54) is 0 Å². The van der Waals surface area contributed by atoms with Crippen LogP contribution in [0.2, 0.25) is 0 Å². The van der Waals surface area contributed by atoms with Gasteiger partial charge in [-0.05, 0) is 80.6 Å². The maximum Gasteiger partial charge on any atom is 0.329 e. The van der Waals surface area contributed by atoms with Crippen LogP contribution in [0.1, 0.15) is 32.1 Å². The van der Waals surface area contributed by atoms with Crippen molar-refractivity contribution in [3.63, 3.8) is 0 Å². The molecule has 0 saturated carbocycles. The van der Waals surface area contributed by atoms with Crippen LogP contribution in [0.5, 0.6) is 23.0 Å². The van der Waals surface area contributed by atoms with Gasteiger partial charge in [0.1, 0.15) is 33.8 Å². The lowest BCUT2D eigenvalue weighted by Gasteiger charge is -2.10. The Labute approximate surface area is 225 Å². The first-order valence-electron chi connectivity index (χ1n) is 11.2. The van der Waals surface area contributed by atoms with Crippen LogP contribution >= 0.6 is 46.4 Å². The molecule has 2 aromatic rings. The van der Waals surface area contributed by atoms with Gasteiger partial charge in [-0.1, -0.05) is 0 Å². The highest BCUT2D eigenvalue weighted by atomic mass is 35.5. The third-order valence-corrected chi connectivity index (χ3v) is 5.88. The van der Waals surface area contributed by atoms with E-state index in [1.54, 1.807) is 48.5 Å². The Bertz CT molecular complexity index is 818. The zero-order valence-electron chi connectivity index (χ0n) is 19.1. The summed E-state index contributed by atoms with van der Waals surface area (Å²) in [4.78, 5) is 23.6. The number of alkyl halides is 4. The van der Waals surface area contributed by atoms with Crippen molar-refractivity contribution < 1.29 is 28.5 Å². The van der Waals surface area contributed by atoms with Crippen LogP contribution in [0.15, 0.2) is 48.5 Å². The van der Waals surface area contributed by atoms with Gasteiger partial charge in [-0.2, -0.15) is 0 Å². The summed E-state index contributed by atoms with van der Waals surface area (Å²) >= 11 is 22.9. The van der Waals surface area contributed by atoms with Crippen molar-refractivity contribution in [1.29, 1.82) is 0 Å². The number of esters is 2. The Balaban J connectivity index is 1.58. The average molecular weight is 566 g/mol. The number of unbranched alkanes of at least 4 members (excludes halogenated alkanes) is 2. The van der Waals surface area contributed by atoms with Gasteiger partial charge >= 0.3 is 11.9 Å². The van der Waals surface area contributed by atoms with Gasteiger partial charge in [0, 0.05) is 11.8 Å². The Kier molecular flexibility index (Phi) is 14.1. The summed E-state index contributed by atoms with van der Waals surface area (Å²) in [6.07, 6.45) is 3.36. The smallest absolute Gasteiger partial charge is 0.329 e. The fourth-order valence-electron chi connectivity index (χ4n) is 2.76. The molecule has 0 aliphatic rings. The van der Waals surface area contributed by atoms with Gasteiger partial charge in [-0.3, -0.25) is 9.59 Å². The van der Waals surface area contributed by atoms with Gasteiger partial charge in [-0.15, -0.1) is 46.4 Å². The Morgan fingerprint density at radius 1 is 0.600 bits per heavy atom. The number of rotatable bonds is 16. The van der Waals surface area contributed by atoms with Gasteiger partial charge in [0.05, 0.1) is 13.2 Å². The molecule has 0 radical (unpaired) electrons. The Morgan fingerprint density at radius 3 is 1.29 bits per heavy atom. The molecule has 2 rings (SSSR count). The van der Waals surface area contributed by atoms with Crippen molar-refractivity contribution in [3.05, 3.63) is 48.5 Å². The van der Waals surface area contributed by atoms with E-state index in [1.807, 2.05) is 0 Å². The normalized spacial score (nSPS) is 12.5. The highest BCUT2D eigenvalue weighted by Gasteiger charge is 2.18. The molecule has 0 fully saturated rings. The molecule has 35 heavy (non-hydrogen) atoms. The second-order valence-electron chi connectivity index (χ2n) is 7.43. The molecule has 0 aliphatic carbocycles. The van der Waals surface area contributed by atoms with Gasteiger partial charge in [0.25, 0.3) is 0 Å². The van der Waals surface area contributed by atoms with Gasteiger partial charge in [0.15, 0.2) is 0 Å². The van der Waals surface area contributed by atoms with Crippen molar-refractivity contribution in [2.24, 2.45) is 0 Å². The molecule has 0 amide bonds. The molecule has 0 saturated heterocycles. The summed E-state index contributed by atoms with van der Waals surface area (Å²) in [5, 5.41) is -1.52. The number of hydrogen-bond acceptors (Lipinski definition) is 6. The average Bonchev–Trinajstić information content (AvgIpc) is 2.85. The lowest BCUT2D eigenvalue weighted by Crippen LogP contribution is -2.21. The first-order chi connectivity index (χ1) is 16.9. The number of benzene rings is 2. The fraction of sp³-hybridized carbons (Fsp3) is 0.440. The van der Waals surface area contributed by atoms with E-state index in [9.17, 15) is 9.59 Å². The summed E-state index contributed by atoms with van der Waals surface area (Å²) in [7, 11) is 0. The monoisotopic (exact) mass is 564 g/mol. The second kappa shape index (κ2) is 16.7. The molecular formula is C25H28Cl4O6. The number of carbonyl (C=O) groups excluding carboxylic acids is 2. The van der Waals surface area contributed by atoms with Crippen LogP contribution in [-0.4, -0.2) is 47.7 Å². The topological polar surface area (TPSA) is 71.1 Å². The first-order valence-corrected chi connectivity index (χ1v) is 13.2. The van der Waals surface area contributed by atoms with Gasteiger partial charge in [0.2, 0.25) is 0 Å². The van der Waals surface area contributed by atoms with E-state index in [2.05, 4.69) is 0 Å². The van der Waals surface area contributed by atoms with E-state index >= 15 is 0 Å². The second-order valence-corrected chi connectivity index (χ2v) is 9.24. The van der Waals surface area contributed by atoms with Crippen LogP contribution in [0, 0.1) is 0 Å². The molecule has 192 valence electrons. The molecule has 0 aromatic heterocycles. The highest BCUT2D eigenvalue weighted by Crippen LogP contribution is 2.21. The summed E-state index contributed by atoms with van der Waals surface area (Å²) in [6, 6.07) is 13.6. The highest BCUT2D eigenvalue weighted by molar-refractivity contribution is 6.31. The quantitative estimate of drug-likeness (QED) is 0.0988. The predicted octanol–water partition coefficient (Wildman–Crippen LogP) is 6.60. The zero-order chi connectivity index (χ0) is 25.5. The third-order valence-electron chi connectivity index (χ3n) is 4.65. The minimum atomic E-state index is -0.762. The minimum absolute atomic E-state index is 0.291. The molecule has 0 aliphatic heterocycles. The maximum atomic E-state index is 11.8. The lowest BCUT2D eigenvalue weighted by molar-refractivity contribution is -0.134. The molecular weight excluding hydrogens is 538 g/mol. The molecule has 0 heterocycles. The lowest BCUT2D eigenvalue weighted by atomic mass is 10.2. The summed E-state index contributed by atoms with van der Waals surface area (Å²) in [5.74, 6) is 1.72. The SMILES string of the molecule is O=C(Oc1ccc(OCCCCCOc2ccc(OC(=O)C(Cl)CCCl)cc2)cc1)C(Cl)CCCl. The number of hydrogen-bond donors (Lipinski definition) is 0. The van der Waals surface area contributed by atoms with E-state index < -0.39 is 22.7 Å². The van der Waals surface area contributed by atoms with Crippen molar-refractivity contribution in [1.82, 2.24) is 0 Å². The minimum Gasteiger partial charge on any atom is -0.494 e. The number of halogens is 4. The van der Waals surface area contributed by atoms with Crippen molar-refractivity contribution in [2.75, 3.05) is 25.0 Å². The largest absolute Gasteiger partial charge is 0.494 e. The van der Waals surface area contributed by atoms with Gasteiger partial charge < -0.3 is 18.9 Å². The predicted molar refractivity (Wildman–Crippen MR) is 139 cm³/mol. The number of carbonyl (C=O) groups is 2.